The first-order chi connectivity index (χ1) is 14.9. The molecule has 0 unspecified atom stereocenters. The van der Waals surface area contributed by atoms with E-state index in [0.717, 1.165) is 39.0 Å². The molecule has 4 aromatic rings. The number of rotatable bonds is 6. The average Bonchev–Trinajstić information content (AvgIpc) is 3.16. The Morgan fingerprint density at radius 1 is 1.26 bits per heavy atom. The summed E-state index contributed by atoms with van der Waals surface area (Å²) >= 11 is 6.38. The van der Waals surface area contributed by atoms with E-state index in [1.54, 1.807) is 18.6 Å². The molecule has 31 heavy (non-hydrogen) atoms. The maximum Gasteiger partial charge on any atom is 0.217 e. The van der Waals surface area contributed by atoms with Gasteiger partial charge in [0.15, 0.2) is 0 Å². The van der Waals surface area contributed by atoms with Crippen LogP contribution in [0.4, 0.5) is 0 Å². The van der Waals surface area contributed by atoms with Gasteiger partial charge < -0.3 is 10.1 Å². The van der Waals surface area contributed by atoms with Crippen molar-refractivity contribution in [2.24, 2.45) is 7.05 Å². The fourth-order valence-corrected chi connectivity index (χ4v) is 3.73. The van der Waals surface area contributed by atoms with Crippen molar-refractivity contribution in [3.63, 3.8) is 0 Å². The van der Waals surface area contributed by atoms with Crippen molar-refractivity contribution in [2.75, 3.05) is 0 Å². The van der Waals surface area contributed by atoms with Crippen LogP contribution in [0, 0.1) is 6.92 Å². The summed E-state index contributed by atoms with van der Waals surface area (Å²) < 4.78 is 8.02. The van der Waals surface area contributed by atoms with Gasteiger partial charge in [-0.3, -0.25) is 14.5 Å². The number of carbonyl (C=O) groups is 1. The first-order valence-corrected chi connectivity index (χ1v) is 10.2. The highest BCUT2D eigenvalue weighted by Gasteiger charge is 2.15. The molecule has 0 aliphatic carbocycles. The van der Waals surface area contributed by atoms with Gasteiger partial charge in [-0.05, 0) is 30.7 Å². The molecule has 7 nitrogen and oxygen atoms in total. The molecule has 0 fully saturated rings. The highest BCUT2D eigenvalue weighted by Crippen LogP contribution is 2.33. The molecule has 0 aliphatic heterocycles. The Morgan fingerprint density at radius 3 is 2.84 bits per heavy atom. The van der Waals surface area contributed by atoms with E-state index in [-0.39, 0.29) is 12.5 Å². The van der Waals surface area contributed by atoms with Gasteiger partial charge in [-0.1, -0.05) is 23.7 Å². The maximum atomic E-state index is 11.3. The van der Waals surface area contributed by atoms with Crippen LogP contribution in [-0.4, -0.2) is 25.7 Å². The number of aromatic nitrogens is 4. The lowest BCUT2D eigenvalue weighted by atomic mass is 10.0. The van der Waals surface area contributed by atoms with Gasteiger partial charge in [-0.2, -0.15) is 5.10 Å². The smallest absolute Gasteiger partial charge is 0.217 e. The predicted molar refractivity (Wildman–Crippen MR) is 120 cm³/mol. The molecule has 8 heteroatoms. The average molecular weight is 436 g/mol. The molecular weight excluding hydrogens is 414 g/mol. The van der Waals surface area contributed by atoms with Crippen molar-refractivity contribution >= 4 is 28.4 Å². The first-order valence-electron chi connectivity index (χ1n) is 9.81. The molecule has 0 atom stereocenters. The quantitative estimate of drug-likeness (QED) is 0.490. The lowest BCUT2D eigenvalue weighted by Crippen LogP contribution is -2.20. The molecule has 0 aliphatic rings. The van der Waals surface area contributed by atoms with E-state index in [9.17, 15) is 4.79 Å². The van der Waals surface area contributed by atoms with Crippen LogP contribution in [-0.2, 0) is 25.0 Å². The van der Waals surface area contributed by atoms with Crippen LogP contribution in [0.15, 0.2) is 48.9 Å². The molecule has 1 aromatic carbocycles. The van der Waals surface area contributed by atoms with E-state index < -0.39 is 0 Å². The zero-order valence-electron chi connectivity index (χ0n) is 17.5. The third-order valence-corrected chi connectivity index (χ3v) is 5.35. The summed E-state index contributed by atoms with van der Waals surface area (Å²) in [5.41, 5.74) is 5.29. The third-order valence-electron chi connectivity index (χ3n) is 5.02. The monoisotopic (exact) mass is 435 g/mol. The van der Waals surface area contributed by atoms with Gasteiger partial charge in [0, 0.05) is 61.3 Å². The number of hydrogen-bond acceptors (Lipinski definition) is 5. The second kappa shape index (κ2) is 8.73. The number of benzene rings is 1. The van der Waals surface area contributed by atoms with Gasteiger partial charge in [-0.25, -0.2) is 4.98 Å². The molecule has 4 rings (SSSR count). The molecule has 1 N–H and O–H groups in total. The summed E-state index contributed by atoms with van der Waals surface area (Å²) in [5, 5.41) is 8.54. The van der Waals surface area contributed by atoms with Gasteiger partial charge in [0.2, 0.25) is 5.91 Å². The number of halogens is 1. The van der Waals surface area contributed by atoms with Gasteiger partial charge in [0.1, 0.15) is 17.9 Å². The van der Waals surface area contributed by atoms with Crippen LogP contribution >= 0.6 is 11.6 Å². The second-order valence-corrected chi connectivity index (χ2v) is 7.67. The van der Waals surface area contributed by atoms with Crippen molar-refractivity contribution in [1.82, 2.24) is 25.1 Å². The van der Waals surface area contributed by atoms with Crippen molar-refractivity contribution in [1.29, 1.82) is 0 Å². The zero-order chi connectivity index (χ0) is 22.0. The number of fused-ring (bicyclic) bond motifs is 1. The fourth-order valence-electron chi connectivity index (χ4n) is 3.50. The van der Waals surface area contributed by atoms with Gasteiger partial charge in [-0.15, -0.1) is 0 Å². The van der Waals surface area contributed by atoms with Crippen molar-refractivity contribution < 1.29 is 9.53 Å². The molecule has 3 aromatic heterocycles. The summed E-state index contributed by atoms with van der Waals surface area (Å²) in [7, 11) is 1.92. The Bertz CT molecular complexity index is 1270. The van der Waals surface area contributed by atoms with E-state index in [0.29, 0.717) is 17.3 Å². The highest BCUT2D eigenvalue weighted by atomic mass is 35.5. The molecule has 3 heterocycles. The van der Waals surface area contributed by atoms with Gasteiger partial charge in [0.25, 0.3) is 0 Å². The molecule has 0 radical (unpaired) electrons. The molecule has 0 saturated heterocycles. The molecule has 0 saturated carbocycles. The van der Waals surface area contributed by atoms with E-state index in [1.807, 2.05) is 49.0 Å². The topological polar surface area (TPSA) is 81.9 Å². The number of pyridine rings is 2. The first kappa shape index (κ1) is 20.8. The van der Waals surface area contributed by atoms with Gasteiger partial charge >= 0.3 is 0 Å². The van der Waals surface area contributed by atoms with Crippen molar-refractivity contribution in [3.05, 3.63) is 70.8 Å². The minimum absolute atomic E-state index is 0.122. The summed E-state index contributed by atoms with van der Waals surface area (Å²) in [6.45, 7) is 3.99. The summed E-state index contributed by atoms with van der Waals surface area (Å²) in [6, 6.07) is 9.89. The Morgan fingerprint density at radius 2 is 2.10 bits per heavy atom. The fraction of sp³-hybridized carbons (Fsp3) is 0.217. The van der Waals surface area contributed by atoms with E-state index in [2.05, 4.69) is 15.4 Å². The molecule has 0 bridgehead atoms. The Kier molecular flexibility index (Phi) is 5.86. The summed E-state index contributed by atoms with van der Waals surface area (Å²) in [6.07, 6.45) is 5.04. The lowest BCUT2D eigenvalue weighted by molar-refractivity contribution is -0.119. The Hall–Kier alpha value is -3.45. The number of carbonyl (C=O) groups excluding carboxylic acids is 1. The van der Waals surface area contributed by atoms with Crippen LogP contribution in [0.2, 0.25) is 5.02 Å². The Balaban J connectivity index is 1.70. The van der Waals surface area contributed by atoms with E-state index >= 15 is 0 Å². The van der Waals surface area contributed by atoms with Crippen LogP contribution in [0.25, 0.3) is 22.2 Å². The summed E-state index contributed by atoms with van der Waals surface area (Å²) in [4.78, 5) is 20.2. The standard InChI is InChI=1S/C23H22ClN5O2/c1-14-9-18(21-7-8-27-29(21)3)17-5-4-6-22(23(17)28-14)31-13-19-16(11-26-15(2)30)10-25-12-20(19)24/h4-10,12H,11,13H2,1-3H3,(H,26,30). The van der Waals surface area contributed by atoms with Crippen LogP contribution < -0.4 is 10.1 Å². The van der Waals surface area contributed by atoms with Crippen LogP contribution in [0.3, 0.4) is 0 Å². The zero-order valence-corrected chi connectivity index (χ0v) is 18.3. The predicted octanol–water partition coefficient (Wildman–Crippen LogP) is 4.21. The number of para-hydroxylation sites is 1. The number of aryl methyl sites for hydroxylation is 2. The molecule has 0 spiro atoms. The van der Waals surface area contributed by atoms with Crippen LogP contribution in [0.5, 0.6) is 5.75 Å². The molecular formula is C23H22ClN5O2. The minimum Gasteiger partial charge on any atom is -0.487 e. The Labute approximate surface area is 185 Å². The largest absolute Gasteiger partial charge is 0.487 e. The maximum absolute atomic E-state index is 11.3. The minimum atomic E-state index is -0.122. The van der Waals surface area contributed by atoms with E-state index in [4.69, 9.17) is 21.3 Å². The van der Waals surface area contributed by atoms with Gasteiger partial charge in [0.05, 0.1) is 10.7 Å². The van der Waals surface area contributed by atoms with Crippen molar-refractivity contribution in [2.45, 2.75) is 27.0 Å². The molecule has 158 valence electrons. The number of nitrogens with one attached hydrogen (secondary N) is 1. The molecule has 1 amide bonds. The van der Waals surface area contributed by atoms with Crippen molar-refractivity contribution in [3.8, 4) is 17.0 Å². The van der Waals surface area contributed by atoms with E-state index in [1.165, 1.54) is 6.92 Å². The number of amides is 1. The lowest BCUT2D eigenvalue weighted by Gasteiger charge is -2.15. The third kappa shape index (κ3) is 4.36. The summed E-state index contributed by atoms with van der Waals surface area (Å²) in [5.74, 6) is 0.534. The number of hydrogen-bond donors (Lipinski definition) is 1. The normalized spacial score (nSPS) is 11.0. The van der Waals surface area contributed by atoms with Crippen LogP contribution in [0.1, 0.15) is 23.7 Å². The second-order valence-electron chi connectivity index (χ2n) is 7.26. The number of ether oxygens (including phenoxy) is 1. The highest BCUT2D eigenvalue weighted by molar-refractivity contribution is 6.31. The SMILES string of the molecule is CC(=O)NCc1cncc(Cl)c1COc1cccc2c(-c3ccnn3C)cc(C)nc12. The number of nitrogens with zero attached hydrogens (tertiary/aromatic N) is 4.